The quantitative estimate of drug-likeness (QED) is 0.144. The van der Waals surface area contributed by atoms with Gasteiger partial charge in [-0.3, -0.25) is 19.6 Å². The number of pyridine rings is 2. The topological polar surface area (TPSA) is 195 Å². The molecular formula is C45H45IN8O8. The normalized spacial score (nSPS) is 17.8. The van der Waals surface area contributed by atoms with E-state index < -0.39 is 29.0 Å². The first-order chi connectivity index (χ1) is 29.0. The zero-order chi connectivity index (χ0) is 44.2. The van der Waals surface area contributed by atoms with Crippen LogP contribution in [0.5, 0.6) is 0 Å². The minimum Gasteiger partial charge on any atom is -0.464 e. The van der Waals surface area contributed by atoms with Crippen molar-refractivity contribution in [2.75, 3.05) is 41.4 Å². The van der Waals surface area contributed by atoms with Crippen LogP contribution in [0.1, 0.15) is 58.2 Å². The molecule has 2 aliphatic rings. The molecule has 2 aromatic carbocycles. The van der Waals surface area contributed by atoms with E-state index in [1.165, 1.54) is 24.0 Å². The summed E-state index contributed by atoms with van der Waals surface area (Å²) in [6, 6.07) is 18.7. The lowest BCUT2D eigenvalue weighted by atomic mass is 10.0. The number of aryl methyl sites for hydroxylation is 2. The molecule has 17 heteroatoms. The molecule has 2 amide bonds. The third kappa shape index (κ3) is 9.45. The molecule has 2 N–H and O–H groups in total. The first kappa shape index (κ1) is 46.4. The van der Waals surface area contributed by atoms with Gasteiger partial charge < -0.3 is 29.5 Å². The third-order valence-corrected chi connectivity index (χ3v) is 10.6. The van der Waals surface area contributed by atoms with Crippen molar-refractivity contribution >= 4 is 68.1 Å². The summed E-state index contributed by atoms with van der Waals surface area (Å²) in [4.78, 5) is 58.7. The molecule has 320 valence electrons. The van der Waals surface area contributed by atoms with Crippen LogP contribution in [-0.4, -0.2) is 126 Å². The number of nitrogens with zero attached hydrogens (tertiary/aromatic N) is 8. The van der Waals surface area contributed by atoms with Crippen LogP contribution in [0.25, 0.3) is 33.2 Å². The molecule has 16 nitrogen and oxygen atoms in total. The maximum Gasteiger partial charge on any atom is 0.359 e. The highest BCUT2D eigenvalue weighted by atomic mass is 127. The Balaban J connectivity index is 0.000000196. The molecule has 62 heavy (non-hydrogen) atoms. The van der Waals surface area contributed by atoms with Crippen molar-refractivity contribution < 1.29 is 38.9 Å². The number of carbonyl (C=O) groups excluding carboxylic acids is 4. The fraction of sp³-hybridized carbons (Fsp3) is 0.289. The average Bonchev–Trinajstić information content (AvgIpc) is 3.98. The molecule has 0 aliphatic carbocycles. The number of benzene rings is 2. The van der Waals surface area contributed by atoms with Gasteiger partial charge >= 0.3 is 11.9 Å². The number of ether oxygens (including phenoxy) is 2. The number of methoxy groups -OCH3 is 2. The number of hydrogen-bond acceptors (Lipinski definition) is 12. The predicted octanol–water partition coefficient (Wildman–Crippen LogP) is 4.43. The number of rotatable bonds is 4. The maximum atomic E-state index is 12.2. The van der Waals surface area contributed by atoms with Gasteiger partial charge in [0.1, 0.15) is 0 Å². The van der Waals surface area contributed by atoms with Crippen molar-refractivity contribution in [2.45, 2.75) is 45.3 Å². The van der Waals surface area contributed by atoms with Gasteiger partial charge in [-0.05, 0) is 85.0 Å². The Morgan fingerprint density at radius 3 is 1.65 bits per heavy atom. The molecule has 0 saturated carbocycles. The molecule has 8 rings (SSSR count). The molecule has 2 atom stereocenters. The van der Waals surface area contributed by atoms with Gasteiger partial charge in [0.15, 0.2) is 11.4 Å². The Bertz CT molecular complexity index is 2820. The van der Waals surface area contributed by atoms with E-state index in [2.05, 4.69) is 60.5 Å². The molecule has 0 radical (unpaired) electrons. The van der Waals surface area contributed by atoms with E-state index in [0.29, 0.717) is 47.4 Å². The minimum absolute atomic E-state index is 0. The second-order valence-corrected chi connectivity index (χ2v) is 15.5. The molecule has 2 saturated heterocycles. The highest BCUT2D eigenvalue weighted by Gasteiger charge is 2.43. The fourth-order valence-electron chi connectivity index (χ4n) is 6.58. The van der Waals surface area contributed by atoms with Crippen LogP contribution in [0.2, 0.25) is 0 Å². The standard InChI is InChI=1S/C22H20N4O4.C15H12IN3O2.C7H9NO2.CH4/c1-14-11-17-18(13-23-14)26(24-19(17)20(27)30-3)16-6-4-5-15(12-16)7-8-22(29)9-10-25(2)21(22)28;1-9-6-12-13(8-17-9)19(18-14(12)15(20)21-2)11-5-3-4-10(16)7-11;1-3-7(10)4-5-8(2)6(7)9;/h4-6,11-13,29H,9-10H2,1-3H3;3-8H,1-2H3;1,10H,4-5H2,2H3;1H4/t22-;;7-;/m0.0./s1. The Morgan fingerprint density at radius 1 is 0.758 bits per heavy atom. The van der Waals surface area contributed by atoms with E-state index in [1.54, 1.807) is 60.1 Å². The highest BCUT2D eigenvalue weighted by molar-refractivity contribution is 14.1. The lowest BCUT2D eigenvalue weighted by Crippen LogP contribution is -2.37. The molecule has 6 aromatic rings. The summed E-state index contributed by atoms with van der Waals surface area (Å²) in [7, 11) is 5.92. The Labute approximate surface area is 372 Å². The summed E-state index contributed by atoms with van der Waals surface area (Å²) >= 11 is 2.24. The minimum atomic E-state index is -1.66. The van der Waals surface area contributed by atoms with Crippen LogP contribution in [0.4, 0.5) is 0 Å². The maximum absolute atomic E-state index is 12.2. The third-order valence-electron chi connectivity index (χ3n) is 9.98. The van der Waals surface area contributed by atoms with Crippen molar-refractivity contribution in [1.82, 2.24) is 39.3 Å². The van der Waals surface area contributed by atoms with Crippen LogP contribution in [0.15, 0.2) is 73.1 Å². The van der Waals surface area contributed by atoms with Crippen molar-refractivity contribution in [2.24, 2.45) is 0 Å². The van der Waals surface area contributed by atoms with Gasteiger partial charge in [0, 0.05) is 71.3 Å². The molecule has 6 heterocycles. The summed E-state index contributed by atoms with van der Waals surface area (Å²) < 4.78 is 14.1. The largest absolute Gasteiger partial charge is 0.464 e. The van der Waals surface area contributed by atoms with Crippen LogP contribution in [0.3, 0.4) is 0 Å². The van der Waals surface area contributed by atoms with Crippen LogP contribution in [0, 0.1) is 41.6 Å². The van der Waals surface area contributed by atoms with Crippen LogP contribution in [-0.2, 0) is 19.1 Å². The monoisotopic (exact) mass is 952 g/mol. The van der Waals surface area contributed by atoms with E-state index in [1.807, 2.05) is 50.2 Å². The number of aliphatic hydroxyl groups is 2. The molecule has 0 spiro atoms. The van der Waals surface area contributed by atoms with Gasteiger partial charge in [0.25, 0.3) is 11.8 Å². The second-order valence-electron chi connectivity index (χ2n) is 14.3. The lowest BCUT2D eigenvalue weighted by molar-refractivity contribution is -0.138. The smallest absolute Gasteiger partial charge is 0.359 e. The van der Waals surface area contributed by atoms with Gasteiger partial charge in [0.05, 0.1) is 49.0 Å². The molecule has 0 bridgehead atoms. The van der Waals surface area contributed by atoms with Gasteiger partial charge in [-0.1, -0.05) is 37.3 Å². The molecule has 2 fully saturated rings. The number of fused-ring (bicyclic) bond motifs is 2. The summed E-state index contributed by atoms with van der Waals surface area (Å²) in [6.45, 7) is 4.72. The van der Waals surface area contributed by atoms with E-state index >= 15 is 0 Å². The Kier molecular flexibility index (Phi) is 14.2. The van der Waals surface area contributed by atoms with E-state index in [9.17, 15) is 29.4 Å². The van der Waals surface area contributed by atoms with Crippen molar-refractivity contribution in [3.05, 3.63) is 105 Å². The van der Waals surface area contributed by atoms with Crippen LogP contribution < -0.4 is 0 Å². The number of terminal acetylenes is 1. The zero-order valence-electron chi connectivity index (χ0n) is 34.1. The number of halogens is 1. The SMILES string of the molecule is C.C#C[C@]1(O)CCN(C)C1=O.COC(=O)c1nn(-c2cccc(C#C[C@]3(O)CCN(C)C3=O)c2)c2cnc(C)cc12.COC(=O)c1nn(-c2cccc(I)c2)c2cnc(C)cc12. The zero-order valence-corrected chi connectivity index (χ0v) is 36.3. The summed E-state index contributed by atoms with van der Waals surface area (Å²) in [5, 5.41) is 30.0. The molecular weight excluding hydrogens is 907 g/mol. The highest BCUT2D eigenvalue weighted by Crippen LogP contribution is 2.26. The predicted molar refractivity (Wildman–Crippen MR) is 239 cm³/mol. The number of likely N-dealkylation sites (tertiary alicyclic amines) is 2. The fourth-order valence-corrected chi connectivity index (χ4v) is 7.11. The number of esters is 2. The summed E-state index contributed by atoms with van der Waals surface area (Å²) in [5.74, 6) is 5.94. The molecule has 4 aromatic heterocycles. The summed E-state index contributed by atoms with van der Waals surface area (Å²) in [6.07, 6.45) is 8.97. The molecule has 2 aliphatic heterocycles. The van der Waals surface area contributed by atoms with Gasteiger partial charge in [-0.25, -0.2) is 19.0 Å². The Morgan fingerprint density at radius 2 is 1.23 bits per heavy atom. The Hall–Kier alpha value is -6.67. The van der Waals surface area contributed by atoms with Crippen molar-refractivity contribution in [1.29, 1.82) is 0 Å². The second kappa shape index (κ2) is 18.9. The van der Waals surface area contributed by atoms with Gasteiger partial charge in [-0.15, -0.1) is 6.42 Å². The first-order valence-corrected chi connectivity index (χ1v) is 19.8. The number of hydrogen-bond donors (Lipinski definition) is 2. The summed E-state index contributed by atoms with van der Waals surface area (Å²) in [5.41, 5.74) is 2.48. The number of carbonyl (C=O) groups is 4. The average molecular weight is 953 g/mol. The van der Waals surface area contributed by atoms with Crippen molar-refractivity contribution in [3.8, 4) is 35.6 Å². The number of amides is 2. The van der Waals surface area contributed by atoms with Gasteiger partial charge in [0.2, 0.25) is 11.2 Å². The molecule has 0 unspecified atom stereocenters. The van der Waals surface area contributed by atoms with E-state index in [4.69, 9.17) is 15.9 Å². The van der Waals surface area contributed by atoms with Gasteiger partial charge in [-0.2, -0.15) is 10.2 Å². The number of aromatic nitrogens is 6. The first-order valence-electron chi connectivity index (χ1n) is 18.7. The van der Waals surface area contributed by atoms with E-state index in [-0.39, 0.29) is 25.4 Å². The lowest BCUT2D eigenvalue weighted by Gasteiger charge is -2.13. The number of likely N-dealkylation sites (N-methyl/N-ethyl adjacent to an activating group) is 2. The van der Waals surface area contributed by atoms with E-state index in [0.717, 1.165) is 31.5 Å². The van der Waals surface area contributed by atoms with Crippen LogP contribution >= 0.6 is 22.6 Å². The van der Waals surface area contributed by atoms with Crippen molar-refractivity contribution in [3.63, 3.8) is 0 Å².